The minimum Gasteiger partial charge on any atom is -0.394 e. The predicted octanol–water partition coefficient (Wildman–Crippen LogP) is 4.36. The zero-order valence-corrected chi connectivity index (χ0v) is 16.0. The fraction of sp³-hybridized carbons (Fsp3) is 0.250. The molecule has 1 atom stereocenters. The zero-order valence-electron chi connectivity index (χ0n) is 15.2. The van der Waals surface area contributed by atoms with Crippen molar-refractivity contribution in [1.82, 2.24) is 15.0 Å². The van der Waals surface area contributed by atoms with Crippen molar-refractivity contribution in [3.05, 3.63) is 59.8 Å². The minimum absolute atomic E-state index is 0.0118. The Morgan fingerprint density at radius 1 is 1.04 bits per heavy atom. The fourth-order valence-corrected chi connectivity index (χ4v) is 2.69. The van der Waals surface area contributed by atoms with Crippen LogP contribution in [-0.4, -0.2) is 32.7 Å². The van der Waals surface area contributed by atoms with E-state index in [0.717, 1.165) is 11.4 Å². The van der Waals surface area contributed by atoms with E-state index in [1.54, 1.807) is 6.20 Å². The number of nitrogens with zero attached hydrogens (tertiary/aromatic N) is 3. The van der Waals surface area contributed by atoms with Gasteiger partial charge in [-0.15, -0.1) is 0 Å². The summed E-state index contributed by atoms with van der Waals surface area (Å²) in [5.74, 6) is 1.22. The maximum Gasteiger partial charge on any atom is 0.225 e. The summed E-state index contributed by atoms with van der Waals surface area (Å²) in [6.45, 7) is 4.04. The number of nitrogens with one attached hydrogen (secondary N) is 2. The third kappa shape index (κ3) is 4.93. The summed E-state index contributed by atoms with van der Waals surface area (Å²) in [6.07, 6.45) is 1.72. The molecule has 0 aliphatic rings. The van der Waals surface area contributed by atoms with Gasteiger partial charge >= 0.3 is 0 Å². The van der Waals surface area contributed by atoms with E-state index in [1.807, 2.05) is 62.4 Å². The second-order valence-electron chi connectivity index (χ2n) is 6.46. The quantitative estimate of drug-likeness (QED) is 0.562. The van der Waals surface area contributed by atoms with Crippen molar-refractivity contribution in [2.75, 3.05) is 17.2 Å². The van der Waals surface area contributed by atoms with Crippen LogP contribution in [0.4, 0.5) is 17.5 Å². The topological polar surface area (TPSA) is 83.0 Å². The van der Waals surface area contributed by atoms with Crippen molar-refractivity contribution in [2.24, 2.45) is 5.92 Å². The Bertz CT molecular complexity index is 889. The van der Waals surface area contributed by atoms with Crippen LogP contribution in [0.5, 0.6) is 0 Å². The molecule has 0 aliphatic carbocycles. The normalized spacial score (nSPS) is 12.0. The lowest BCUT2D eigenvalue weighted by atomic mass is 10.1. The fourth-order valence-electron chi connectivity index (χ4n) is 2.51. The van der Waals surface area contributed by atoms with Gasteiger partial charge in [0.2, 0.25) is 5.95 Å². The average Bonchev–Trinajstić information content (AvgIpc) is 2.68. The third-order valence-electron chi connectivity index (χ3n) is 4.11. The van der Waals surface area contributed by atoms with Crippen molar-refractivity contribution in [3.8, 4) is 11.4 Å². The smallest absolute Gasteiger partial charge is 0.225 e. The molecule has 3 N–H and O–H groups in total. The SMILES string of the molecule is CC(C)[C@H](CO)Nc1nc(Nc2ccccc2Cl)cc(-c2ccccn2)n1. The molecule has 2 heterocycles. The first-order valence-electron chi connectivity index (χ1n) is 8.76. The molecule has 3 rings (SSSR count). The van der Waals surface area contributed by atoms with E-state index in [0.29, 0.717) is 22.5 Å². The number of halogens is 1. The van der Waals surface area contributed by atoms with Gasteiger partial charge in [-0.3, -0.25) is 4.98 Å². The lowest BCUT2D eigenvalue weighted by Gasteiger charge is -2.20. The van der Waals surface area contributed by atoms with Crippen molar-refractivity contribution in [1.29, 1.82) is 0 Å². The van der Waals surface area contributed by atoms with Gasteiger partial charge in [-0.25, -0.2) is 4.98 Å². The Balaban J connectivity index is 1.99. The Morgan fingerprint density at radius 2 is 1.81 bits per heavy atom. The summed E-state index contributed by atoms with van der Waals surface area (Å²) in [7, 11) is 0. The number of para-hydroxylation sites is 1. The van der Waals surface area contributed by atoms with Crippen LogP contribution in [-0.2, 0) is 0 Å². The molecule has 0 saturated carbocycles. The predicted molar refractivity (Wildman–Crippen MR) is 109 cm³/mol. The second-order valence-corrected chi connectivity index (χ2v) is 6.87. The van der Waals surface area contributed by atoms with Gasteiger partial charge in [0.15, 0.2) is 0 Å². The number of hydrogen-bond donors (Lipinski definition) is 3. The number of aromatic nitrogens is 3. The molecule has 0 saturated heterocycles. The summed E-state index contributed by atoms with van der Waals surface area (Å²) in [5, 5.41) is 16.7. The van der Waals surface area contributed by atoms with E-state index in [1.165, 1.54) is 0 Å². The Labute approximate surface area is 163 Å². The van der Waals surface area contributed by atoms with E-state index in [4.69, 9.17) is 11.6 Å². The molecule has 2 aromatic heterocycles. The summed E-state index contributed by atoms with van der Waals surface area (Å²) in [4.78, 5) is 13.5. The molecule has 0 bridgehead atoms. The van der Waals surface area contributed by atoms with Crippen LogP contribution in [0, 0.1) is 5.92 Å². The molecule has 0 amide bonds. The van der Waals surface area contributed by atoms with Crippen LogP contribution in [0.2, 0.25) is 5.02 Å². The number of aliphatic hydroxyl groups excluding tert-OH is 1. The number of aliphatic hydroxyl groups is 1. The molecular formula is C20H22ClN5O. The van der Waals surface area contributed by atoms with Crippen LogP contribution in [0.15, 0.2) is 54.7 Å². The van der Waals surface area contributed by atoms with Gasteiger partial charge in [-0.2, -0.15) is 4.98 Å². The van der Waals surface area contributed by atoms with E-state index in [9.17, 15) is 5.11 Å². The summed E-state index contributed by atoms with van der Waals surface area (Å²) >= 11 is 6.25. The Kier molecular flexibility index (Phi) is 6.21. The maximum atomic E-state index is 9.62. The molecule has 7 heteroatoms. The molecule has 1 aromatic carbocycles. The van der Waals surface area contributed by atoms with E-state index in [2.05, 4.69) is 25.6 Å². The van der Waals surface area contributed by atoms with Gasteiger partial charge in [-0.05, 0) is 30.2 Å². The molecule has 0 spiro atoms. The van der Waals surface area contributed by atoms with Crippen LogP contribution in [0.3, 0.4) is 0 Å². The lowest BCUT2D eigenvalue weighted by Crippen LogP contribution is -2.30. The van der Waals surface area contributed by atoms with Gasteiger partial charge in [-0.1, -0.05) is 43.6 Å². The van der Waals surface area contributed by atoms with E-state index in [-0.39, 0.29) is 18.6 Å². The molecule has 27 heavy (non-hydrogen) atoms. The molecule has 0 unspecified atom stereocenters. The molecule has 140 valence electrons. The molecule has 3 aromatic rings. The van der Waals surface area contributed by atoms with Gasteiger partial charge in [0, 0.05) is 12.3 Å². The van der Waals surface area contributed by atoms with Crippen molar-refractivity contribution in [3.63, 3.8) is 0 Å². The van der Waals surface area contributed by atoms with Gasteiger partial charge in [0.05, 0.1) is 34.7 Å². The zero-order chi connectivity index (χ0) is 19.2. The average molecular weight is 384 g/mol. The Morgan fingerprint density at radius 3 is 2.48 bits per heavy atom. The Hall–Kier alpha value is -2.70. The lowest BCUT2D eigenvalue weighted by molar-refractivity contribution is 0.248. The first-order valence-corrected chi connectivity index (χ1v) is 9.14. The van der Waals surface area contributed by atoms with Crippen LogP contribution < -0.4 is 10.6 Å². The second kappa shape index (κ2) is 8.79. The number of pyridine rings is 1. The highest BCUT2D eigenvalue weighted by atomic mass is 35.5. The number of anilines is 3. The first kappa shape index (κ1) is 19.1. The van der Waals surface area contributed by atoms with Crippen LogP contribution >= 0.6 is 11.6 Å². The number of rotatable bonds is 7. The highest BCUT2D eigenvalue weighted by molar-refractivity contribution is 6.33. The first-order chi connectivity index (χ1) is 13.1. The van der Waals surface area contributed by atoms with Gasteiger partial charge in [0.25, 0.3) is 0 Å². The molecule has 6 nitrogen and oxygen atoms in total. The highest BCUT2D eigenvalue weighted by Gasteiger charge is 2.15. The summed E-state index contributed by atoms with van der Waals surface area (Å²) in [6, 6.07) is 14.8. The molecule has 0 fully saturated rings. The molecular weight excluding hydrogens is 362 g/mol. The minimum atomic E-state index is -0.155. The third-order valence-corrected chi connectivity index (χ3v) is 4.44. The van der Waals surface area contributed by atoms with Gasteiger partial charge in [0.1, 0.15) is 5.82 Å². The maximum absolute atomic E-state index is 9.62. The monoisotopic (exact) mass is 383 g/mol. The van der Waals surface area contributed by atoms with Crippen molar-refractivity contribution >= 4 is 29.1 Å². The van der Waals surface area contributed by atoms with Crippen molar-refractivity contribution in [2.45, 2.75) is 19.9 Å². The van der Waals surface area contributed by atoms with E-state index >= 15 is 0 Å². The summed E-state index contributed by atoms with van der Waals surface area (Å²) < 4.78 is 0. The van der Waals surface area contributed by atoms with Crippen molar-refractivity contribution < 1.29 is 5.11 Å². The van der Waals surface area contributed by atoms with E-state index < -0.39 is 0 Å². The summed E-state index contributed by atoms with van der Waals surface area (Å²) in [5.41, 5.74) is 2.15. The molecule has 0 aliphatic heterocycles. The van der Waals surface area contributed by atoms with Crippen LogP contribution in [0.25, 0.3) is 11.4 Å². The molecule has 0 radical (unpaired) electrons. The van der Waals surface area contributed by atoms with Crippen LogP contribution in [0.1, 0.15) is 13.8 Å². The van der Waals surface area contributed by atoms with Gasteiger partial charge < -0.3 is 15.7 Å². The number of benzene rings is 1. The highest BCUT2D eigenvalue weighted by Crippen LogP contribution is 2.27. The standard InChI is InChI=1S/C20H22ClN5O/c1-13(2)18(12-27)25-20-24-17(16-9-5-6-10-22-16)11-19(26-20)23-15-8-4-3-7-14(15)21/h3-11,13,18,27H,12H2,1-2H3,(H2,23,24,25,26)/t18-/m0/s1. The number of hydrogen-bond acceptors (Lipinski definition) is 6. The largest absolute Gasteiger partial charge is 0.394 e.